The van der Waals surface area contributed by atoms with Crippen molar-refractivity contribution in [2.24, 2.45) is 11.7 Å². The molecule has 0 aliphatic rings. The lowest BCUT2D eigenvalue weighted by Gasteiger charge is -2.08. The maximum Gasteiger partial charge on any atom is 0.0443 e. The molecule has 0 saturated heterocycles. The molecule has 0 amide bonds. The number of carbonyl (C=O) groups is 1. The fraction of sp³-hybridized carbons (Fsp3) is 0.800. The molecule has 0 radical (unpaired) electrons. The van der Waals surface area contributed by atoms with E-state index in [1.165, 1.54) is 0 Å². The van der Waals surface area contributed by atoms with Gasteiger partial charge in [0, 0.05) is 5.97 Å². The number of aliphatic carboxylic acids is 1. The van der Waals surface area contributed by atoms with Crippen LogP contribution in [0.15, 0.2) is 0 Å². The lowest BCUT2D eigenvalue weighted by molar-refractivity contribution is -0.311. The number of carbonyl (C=O) groups excluding carboxylic acids is 1. The van der Waals surface area contributed by atoms with E-state index >= 15 is 0 Å². The molecular weight excluding hydrogens is 106 g/mol. The maximum atomic E-state index is 9.92. The summed E-state index contributed by atoms with van der Waals surface area (Å²) in [6.45, 7) is 2.00. The van der Waals surface area contributed by atoms with Gasteiger partial charge in [0.1, 0.15) is 0 Å². The van der Waals surface area contributed by atoms with E-state index in [0.717, 1.165) is 0 Å². The van der Waals surface area contributed by atoms with Crippen molar-refractivity contribution >= 4 is 5.97 Å². The van der Waals surface area contributed by atoms with Crippen molar-refractivity contribution < 1.29 is 9.90 Å². The van der Waals surface area contributed by atoms with Gasteiger partial charge in [-0.3, -0.25) is 0 Å². The molecule has 2 N–H and O–H groups in total. The third kappa shape index (κ3) is 2.58. The van der Waals surface area contributed by atoms with Crippen molar-refractivity contribution in [2.75, 3.05) is 6.54 Å². The normalized spacial score (nSPS) is 13.2. The van der Waals surface area contributed by atoms with Crippen LogP contribution in [0.5, 0.6) is 0 Å². The van der Waals surface area contributed by atoms with Gasteiger partial charge in [0.05, 0.1) is 0 Å². The van der Waals surface area contributed by atoms with E-state index in [1.54, 1.807) is 6.92 Å². The maximum absolute atomic E-state index is 9.92. The summed E-state index contributed by atoms with van der Waals surface area (Å²) in [5.41, 5.74) is 5.08. The largest absolute Gasteiger partial charge is 0.550 e. The molecule has 48 valence electrons. The van der Waals surface area contributed by atoms with Crippen molar-refractivity contribution in [3.63, 3.8) is 0 Å². The predicted octanol–water partition coefficient (Wildman–Crippen LogP) is -1.28. The van der Waals surface area contributed by atoms with Gasteiger partial charge in [-0.2, -0.15) is 0 Å². The van der Waals surface area contributed by atoms with Crippen LogP contribution in [-0.4, -0.2) is 12.5 Å². The van der Waals surface area contributed by atoms with E-state index in [4.69, 9.17) is 5.73 Å². The van der Waals surface area contributed by atoms with Crippen LogP contribution in [0.2, 0.25) is 0 Å². The first-order valence-corrected chi connectivity index (χ1v) is 2.59. The highest BCUT2D eigenvalue weighted by Gasteiger charge is 1.98. The van der Waals surface area contributed by atoms with Gasteiger partial charge >= 0.3 is 0 Å². The van der Waals surface area contributed by atoms with Crippen molar-refractivity contribution in [3.05, 3.63) is 0 Å². The van der Waals surface area contributed by atoms with Gasteiger partial charge in [0.25, 0.3) is 0 Å². The van der Waals surface area contributed by atoms with Crippen LogP contribution in [0.25, 0.3) is 0 Å². The quantitative estimate of drug-likeness (QED) is 0.499. The van der Waals surface area contributed by atoms with Gasteiger partial charge in [-0.05, 0) is 18.9 Å². The number of carboxylic acids is 1. The average molecular weight is 116 g/mol. The summed E-state index contributed by atoms with van der Waals surface area (Å²) in [5, 5.41) is 9.92. The molecule has 0 aromatic heterocycles. The van der Waals surface area contributed by atoms with Crippen LogP contribution in [0.4, 0.5) is 0 Å². The number of rotatable bonds is 3. The van der Waals surface area contributed by atoms with E-state index in [9.17, 15) is 9.90 Å². The first-order valence-electron chi connectivity index (χ1n) is 2.59. The molecule has 0 rings (SSSR count). The lowest BCUT2D eigenvalue weighted by atomic mass is 10.1. The van der Waals surface area contributed by atoms with Crippen LogP contribution < -0.4 is 10.8 Å². The van der Waals surface area contributed by atoms with Gasteiger partial charge in [-0.1, -0.05) is 6.92 Å². The molecule has 8 heavy (non-hydrogen) atoms. The Morgan fingerprint density at radius 3 is 2.50 bits per heavy atom. The van der Waals surface area contributed by atoms with E-state index in [-0.39, 0.29) is 0 Å². The molecule has 0 bridgehead atoms. The molecule has 1 atom stereocenters. The van der Waals surface area contributed by atoms with E-state index in [1.807, 2.05) is 0 Å². The SMILES string of the molecule is CC(CCN)C(=O)[O-]. The molecule has 0 saturated carbocycles. The van der Waals surface area contributed by atoms with E-state index in [0.29, 0.717) is 13.0 Å². The summed E-state index contributed by atoms with van der Waals surface area (Å²) < 4.78 is 0. The zero-order chi connectivity index (χ0) is 6.57. The Morgan fingerprint density at radius 1 is 1.88 bits per heavy atom. The standard InChI is InChI=1S/C5H11NO2/c1-4(2-3-6)5(7)8/h4H,2-3,6H2,1H3,(H,7,8)/p-1. The van der Waals surface area contributed by atoms with Crippen LogP contribution in [-0.2, 0) is 4.79 Å². The average Bonchev–Trinajstić information content (AvgIpc) is 1.67. The molecule has 0 spiro atoms. The minimum atomic E-state index is -1.02. The fourth-order valence-electron chi connectivity index (χ4n) is 0.368. The zero-order valence-corrected chi connectivity index (χ0v) is 4.89. The zero-order valence-electron chi connectivity index (χ0n) is 4.89. The summed E-state index contributed by atoms with van der Waals surface area (Å²) in [5.74, 6) is -1.42. The van der Waals surface area contributed by atoms with Gasteiger partial charge in [-0.25, -0.2) is 0 Å². The summed E-state index contributed by atoms with van der Waals surface area (Å²) in [6.07, 6.45) is 0.502. The second-order valence-electron chi connectivity index (χ2n) is 1.80. The Bertz CT molecular complexity index is 82.5. The van der Waals surface area contributed by atoms with E-state index < -0.39 is 11.9 Å². The Hall–Kier alpha value is -0.570. The first kappa shape index (κ1) is 7.43. The van der Waals surface area contributed by atoms with Crippen molar-refractivity contribution in [2.45, 2.75) is 13.3 Å². The van der Waals surface area contributed by atoms with Gasteiger partial charge in [0.15, 0.2) is 0 Å². The highest BCUT2D eigenvalue weighted by Crippen LogP contribution is 1.95. The van der Waals surface area contributed by atoms with Crippen molar-refractivity contribution in [1.82, 2.24) is 0 Å². The molecular formula is C5H10NO2-. The number of hydrogen-bond donors (Lipinski definition) is 1. The molecule has 3 nitrogen and oxygen atoms in total. The van der Waals surface area contributed by atoms with Crippen molar-refractivity contribution in [3.8, 4) is 0 Å². The number of nitrogens with two attached hydrogens (primary N) is 1. The summed E-state index contributed by atoms with van der Waals surface area (Å²) in [6, 6.07) is 0. The van der Waals surface area contributed by atoms with Crippen molar-refractivity contribution in [1.29, 1.82) is 0 Å². The fourth-order valence-corrected chi connectivity index (χ4v) is 0.368. The first-order chi connectivity index (χ1) is 3.68. The highest BCUT2D eigenvalue weighted by molar-refractivity contribution is 5.66. The second kappa shape index (κ2) is 3.43. The predicted molar refractivity (Wildman–Crippen MR) is 27.8 cm³/mol. The Balaban J connectivity index is 3.32. The smallest absolute Gasteiger partial charge is 0.0443 e. The number of carboxylic acid groups (broad SMARTS) is 1. The Kier molecular flexibility index (Phi) is 3.19. The van der Waals surface area contributed by atoms with E-state index in [2.05, 4.69) is 0 Å². The van der Waals surface area contributed by atoms with Crippen LogP contribution >= 0.6 is 0 Å². The molecule has 0 heterocycles. The van der Waals surface area contributed by atoms with Gasteiger partial charge in [0.2, 0.25) is 0 Å². The van der Waals surface area contributed by atoms with Crippen LogP contribution in [0.3, 0.4) is 0 Å². The minimum Gasteiger partial charge on any atom is -0.550 e. The summed E-state index contributed by atoms with van der Waals surface area (Å²) in [7, 11) is 0. The summed E-state index contributed by atoms with van der Waals surface area (Å²) in [4.78, 5) is 9.92. The molecule has 0 aromatic rings. The molecule has 0 aromatic carbocycles. The topological polar surface area (TPSA) is 66.2 Å². The molecule has 1 unspecified atom stereocenters. The molecule has 3 heteroatoms. The Labute approximate surface area is 48.5 Å². The van der Waals surface area contributed by atoms with Crippen LogP contribution in [0.1, 0.15) is 13.3 Å². The third-order valence-electron chi connectivity index (χ3n) is 1.00. The highest BCUT2D eigenvalue weighted by atomic mass is 16.4. The summed E-state index contributed by atoms with van der Waals surface area (Å²) >= 11 is 0. The number of hydrogen-bond acceptors (Lipinski definition) is 3. The molecule has 0 fully saturated rings. The van der Waals surface area contributed by atoms with Gasteiger partial charge in [-0.15, -0.1) is 0 Å². The minimum absolute atomic E-state index is 0.403. The molecule has 0 aliphatic heterocycles. The van der Waals surface area contributed by atoms with Gasteiger partial charge < -0.3 is 15.6 Å². The Morgan fingerprint density at radius 2 is 2.38 bits per heavy atom. The van der Waals surface area contributed by atoms with Crippen LogP contribution in [0, 0.1) is 5.92 Å². The third-order valence-corrected chi connectivity index (χ3v) is 1.00. The monoisotopic (exact) mass is 116 g/mol. The lowest BCUT2D eigenvalue weighted by Crippen LogP contribution is -2.30. The molecule has 0 aliphatic carbocycles. The second-order valence-corrected chi connectivity index (χ2v) is 1.80.